The molecule has 4 aromatic heterocycles. The fraction of sp³-hybridized carbons (Fsp3) is 0. The molecule has 5 heteroatoms. The molecule has 0 fully saturated rings. The first-order valence-electron chi connectivity index (χ1n) is 23.7. The summed E-state index contributed by atoms with van der Waals surface area (Å²) in [7, 11) is 0. The van der Waals surface area contributed by atoms with Crippen molar-refractivity contribution in [2.24, 2.45) is 0 Å². The molecule has 10 aromatic carbocycles. The lowest BCUT2D eigenvalue weighted by Crippen LogP contribution is -1.97. The zero-order valence-electron chi connectivity index (χ0n) is 37.8. The van der Waals surface area contributed by atoms with Gasteiger partial charge in [-0.2, -0.15) is 0 Å². The molecule has 326 valence electrons. The lowest BCUT2D eigenvalue weighted by atomic mass is 9.88. The van der Waals surface area contributed by atoms with Gasteiger partial charge in [0.25, 0.3) is 0 Å². The van der Waals surface area contributed by atoms with Crippen LogP contribution in [0.2, 0.25) is 0 Å². The molecule has 0 aliphatic carbocycles. The fourth-order valence-electron chi connectivity index (χ4n) is 10.6. The summed E-state index contributed by atoms with van der Waals surface area (Å²) in [5, 5.41) is 7.98. The highest BCUT2D eigenvalue weighted by atomic mass is 16.3. The Morgan fingerprint density at radius 3 is 1.57 bits per heavy atom. The Kier molecular flexibility index (Phi) is 9.14. The Balaban J connectivity index is 0.880. The summed E-state index contributed by atoms with van der Waals surface area (Å²) in [5.41, 5.74) is 17.3. The SMILES string of the molecule is c1ccc(-c2cc(-c3ccc(-n4c5ccccc5c5ccccc54)cc3)nc(-c3ccc(-c4cccc(-c5c6c(cc7c(-c8ccccc8)nc8ccccc8c57)oc5ccccc56)c4)cc3)n2)cc1. The van der Waals surface area contributed by atoms with Gasteiger partial charge in [0.2, 0.25) is 0 Å². The Hall–Kier alpha value is -9.45. The molecule has 0 N–H and O–H groups in total. The van der Waals surface area contributed by atoms with Gasteiger partial charge >= 0.3 is 0 Å². The van der Waals surface area contributed by atoms with Gasteiger partial charge < -0.3 is 8.98 Å². The average Bonchev–Trinajstić information content (AvgIpc) is 3.98. The van der Waals surface area contributed by atoms with Gasteiger partial charge in [0.15, 0.2) is 5.82 Å². The molecular weight excluding hydrogens is 853 g/mol. The summed E-state index contributed by atoms with van der Waals surface area (Å²) < 4.78 is 9.02. The monoisotopic (exact) mass is 892 g/mol. The average molecular weight is 893 g/mol. The maximum absolute atomic E-state index is 6.68. The molecular formula is C65H40N4O. The maximum atomic E-state index is 6.68. The first-order valence-corrected chi connectivity index (χ1v) is 23.7. The molecule has 0 spiro atoms. The van der Waals surface area contributed by atoms with Gasteiger partial charge in [-0.3, -0.25) is 0 Å². The van der Waals surface area contributed by atoms with E-state index in [0.29, 0.717) is 5.82 Å². The number of hydrogen-bond acceptors (Lipinski definition) is 4. The summed E-state index contributed by atoms with van der Waals surface area (Å²) in [5.74, 6) is 0.669. The van der Waals surface area contributed by atoms with E-state index in [2.05, 4.69) is 229 Å². The van der Waals surface area contributed by atoms with Crippen LogP contribution in [0.5, 0.6) is 0 Å². The number of furan rings is 1. The predicted octanol–water partition coefficient (Wildman–Crippen LogP) is 17.2. The summed E-state index contributed by atoms with van der Waals surface area (Å²) >= 11 is 0. The van der Waals surface area contributed by atoms with E-state index in [-0.39, 0.29) is 0 Å². The van der Waals surface area contributed by atoms with Crippen LogP contribution >= 0.6 is 0 Å². The van der Waals surface area contributed by atoms with E-state index in [1.165, 1.54) is 21.8 Å². The Bertz CT molecular complexity index is 4270. The zero-order valence-corrected chi connectivity index (χ0v) is 37.8. The number of aromatic nitrogens is 4. The largest absolute Gasteiger partial charge is 0.456 e. The molecule has 0 unspecified atom stereocenters. The second-order valence-corrected chi connectivity index (χ2v) is 17.9. The van der Waals surface area contributed by atoms with Crippen LogP contribution in [0, 0.1) is 0 Å². The number of rotatable bonds is 7. The van der Waals surface area contributed by atoms with Crippen molar-refractivity contribution < 1.29 is 4.42 Å². The van der Waals surface area contributed by atoms with E-state index in [0.717, 1.165) is 111 Å². The third kappa shape index (κ3) is 6.51. The molecule has 0 bridgehead atoms. The van der Waals surface area contributed by atoms with Crippen LogP contribution in [-0.4, -0.2) is 19.5 Å². The molecule has 14 aromatic rings. The number of para-hydroxylation sites is 4. The normalized spacial score (nSPS) is 11.7. The van der Waals surface area contributed by atoms with Crippen molar-refractivity contribution in [2.75, 3.05) is 0 Å². The van der Waals surface area contributed by atoms with Crippen molar-refractivity contribution in [3.63, 3.8) is 0 Å². The maximum Gasteiger partial charge on any atom is 0.160 e. The highest BCUT2D eigenvalue weighted by Gasteiger charge is 2.22. The molecule has 14 rings (SSSR count). The van der Waals surface area contributed by atoms with Gasteiger partial charge in [0, 0.05) is 71.2 Å². The topological polar surface area (TPSA) is 56.7 Å². The number of fused-ring (bicyclic) bond motifs is 9. The molecule has 0 saturated heterocycles. The predicted molar refractivity (Wildman–Crippen MR) is 289 cm³/mol. The van der Waals surface area contributed by atoms with Crippen molar-refractivity contribution in [1.82, 2.24) is 19.5 Å². The minimum Gasteiger partial charge on any atom is -0.456 e. The van der Waals surface area contributed by atoms with E-state index >= 15 is 0 Å². The van der Waals surface area contributed by atoms with Gasteiger partial charge in [0.05, 0.1) is 33.6 Å². The number of pyridine rings is 1. The molecule has 0 saturated carbocycles. The van der Waals surface area contributed by atoms with Crippen LogP contribution in [0.1, 0.15) is 0 Å². The van der Waals surface area contributed by atoms with Crippen LogP contribution in [0.3, 0.4) is 0 Å². The first-order chi connectivity index (χ1) is 34.7. The van der Waals surface area contributed by atoms with Crippen molar-refractivity contribution in [1.29, 1.82) is 0 Å². The highest BCUT2D eigenvalue weighted by Crippen LogP contribution is 2.47. The van der Waals surface area contributed by atoms with Crippen molar-refractivity contribution >= 4 is 65.4 Å². The molecule has 0 radical (unpaired) electrons. The van der Waals surface area contributed by atoms with Gasteiger partial charge in [-0.1, -0.05) is 188 Å². The van der Waals surface area contributed by atoms with Gasteiger partial charge in [-0.15, -0.1) is 0 Å². The third-order valence-electron chi connectivity index (χ3n) is 13.8. The highest BCUT2D eigenvalue weighted by molar-refractivity contribution is 6.28. The van der Waals surface area contributed by atoms with Crippen LogP contribution < -0.4 is 0 Å². The van der Waals surface area contributed by atoms with E-state index < -0.39 is 0 Å². The Morgan fingerprint density at radius 2 is 0.857 bits per heavy atom. The lowest BCUT2D eigenvalue weighted by molar-refractivity contribution is 0.669. The number of hydrogen-bond donors (Lipinski definition) is 0. The quantitative estimate of drug-likeness (QED) is 0.150. The summed E-state index contributed by atoms with van der Waals surface area (Å²) in [6.45, 7) is 0. The second kappa shape index (κ2) is 16.1. The van der Waals surface area contributed by atoms with E-state index in [4.69, 9.17) is 19.4 Å². The third-order valence-corrected chi connectivity index (χ3v) is 13.8. The molecule has 0 atom stereocenters. The molecule has 5 nitrogen and oxygen atoms in total. The minimum absolute atomic E-state index is 0.669. The number of nitrogens with zero attached hydrogens (tertiary/aromatic N) is 4. The molecule has 70 heavy (non-hydrogen) atoms. The minimum atomic E-state index is 0.669. The fourth-order valence-corrected chi connectivity index (χ4v) is 10.6. The van der Waals surface area contributed by atoms with Crippen LogP contribution in [-0.2, 0) is 0 Å². The molecule has 4 heterocycles. The molecule has 0 aliphatic rings. The standard InChI is InChI=1S/C65H40N4O/c1-3-16-42(17-4-1)55-40-56(43-34-36-48(37-35-43)69-57-27-12-8-22-49(57)50-23-9-13-28-58(50)69)68-65(67-55)45-32-30-41(31-33-45)46-20-15-21-47(38-46)61-62-51-24-7-11-26-54(51)66-64(44-18-5-2-6-19-44)53(62)39-60-63(61)52-25-10-14-29-59(52)70-60/h1-40H. The van der Waals surface area contributed by atoms with Crippen LogP contribution in [0.25, 0.3) is 139 Å². The first kappa shape index (κ1) is 39.7. The van der Waals surface area contributed by atoms with Gasteiger partial charge in [-0.05, 0) is 71.3 Å². The Labute approximate surface area is 403 Å². The summed E-state index contributed by atoms with van der Waals surface area (Å²) in [4.78, 5) is 15.7. The summed E-state index contributed by atoms with van der Waals surface area (Å²) in [6, 6.07) is 85.5. The van der Waals surface area contributed by atoms with Crippen LogP contribution in [0.4, 0.5) is 0 Å². The molecule has 0 amide bonds. The van der Waals surface area contributed by atoms with E-state index in [1.807, 2.05) is 18.2 Å². The number of benzene rings is 10. The Morgan fingerprint density at radius 1 is 0.314 bits per heavy atom. The lowest BCUT2D eigenvalue weighted by Gasteiger charge is -2.16. The van der Waals surface area contributed by atoms with Gasteiger partial charge in [-0.25, -0.2) is 15.0 Å². The van der Waals surface area contributed by atoms with Crippen molar-refractivity contribution in [3.05, 3.63) is 243 Å². The smallest absolute Gasteiger partial charge is 0.160 e. The van der Waals surface area contributed by atoms with Crippen molar-refractivity contribution in [3.8, 4) is 73.1 Å². The van der Waals surface area contributed by atoms with Crippen molar-refractivity contribution in [2.45, 2.75) is 0 Å². The molecule has 0 aliphatic heterocycles. The van der Waals surface area contributed by atoms with E-state index in [1.54, 1.807) is 0 Å². The second-order valence-electron chi connectivity index (χ2n) is 17.9. The zero-order chi connectivity index (χ0) is 46.1. The summed E-state index contributed by atoms with van der Waals surface area (Å²) in [6.07, 6.45) is 0. The van der Waals surface area contributed by atoms with Gasteiger partial charge in [0.1, 0.15) is 11.2 Å². The van der Waals surface area contributed by atoms with E-state index in [9.17, 15) is 0 Å². The van der Waals surface area contributed by atoms with Crippen LogP contribution in [0.15, 0.2) is 247 Å².